The molecule has 0 aliphatic heterocycles. The first-order valence-corrected chi connectivity index (χ1v) is 21.6. The van der Waals surface area contributed by atoms with Crippen LogP contribution in [-0.2, 0) is 4.79 Å². The van der Waals surface area contributed by atoms with Gasteiger partial charge in [0.15, 0.2) is 0 Å². The summed E-state index contributed by atoms with van der Waals surface area (Å²) >= 11 is 0. The third-order valence-electron chi connectivity index (χ3n) is 10.2. The van der Waals surface area contributed by atoms with Crippen molar-refractivity contribution in [2.75, 3.05) is 6.61 Å². The Hall–Kier alpha value is -0.950. The number of nitrogens with one attached hydrogen (secondary N) is 1. The summed E-state index contributed by atoms with van der Waals surface area (Å²) in [5.74, 6) is -0.587. The fourth-order valence-electron chi connectivity index (χ4n) is 6.75. The van der Waals surface area contributed by atoms with Gasteiger partial charge in [-0.25, -0.2) is 0 Å². The molecule has 0 saturated heterocycles. The highest BCUT2D eigenvalue weighted by Crippen LogP contribution is 2.16. The van der Waals surface area contributed by atoms with E-state index in [9.17, 15) is 25.2 Å². The van der Waals surface area contributed by atoms with Crippen LogP contribution in [0.1, 0.15) is 226 Å². The number of hydrogen-bond acceptors (Lipinski definition) is 5. The van der Waals surface area contributed by atoms with E-state index < -0.39 is 36.9 Å². The summed E-state index contributed by atoms with van der Waals surface area (Å²) in [6, 6.07) is -0.983. The fraction of sp³-hybridized carbons (Fsp3) is 0.930. The predicted octanol–water partition coefficient (Wildman–Crippen LogP) is 11.0. The number of allylic oxidation sites excluding steroid dienone is 2. The van der Waals surface area contributed by atoms with E-state index in [1.807, 2.05) is 0 Å². The van der Waals surface area contributed by atoms with E-state index in [4.69, 9.17) is 0 Å². The van der Waals surface area contributed by atoms with Gasteiger partial charge in [-0.1, -0.05) is 199 Å². The molecule has 0 aromatic carbocycles. The van der Waals surface area contributed by atoms with Crippen molar-refractivity contribution < 1.29 is 25.2 Å². The van der Waals surface area contributed by atoms with Crippen LogP contribution < -0.4 is 5.32 Å². The topological polar surface area (TPSA) is 110 Å². The van der Waals surface area contributed by atoms with Crippen LogP contribution in [-0.4, -0.2) is 57.3 Å². The largest absolute Gasteiger partial charge is 0.394 e. The van der Waals surface area contributed by atoms with Crippen LogP contribution in [0, 0.1) is 0 Å². The molecule has 0 spiro atoms. The molecule has 0 saturated carbocycles. The van der Waals surface area contributed by atoms with Gasteiger partial charge in [-0.15, -0.1) is 0 Å². The van der Waals surface area contributed by atoms with Crippen LogP contribution in [0.4, 0.5) is 0 Å². The lowest BCUT2D eigenvalue weighted by Gasteiger charge is -2.27. The summed E-state index contributed by atoms with van der Waals surface area (Å²) in [5.41, 5.74) is 0. The van der Waals surface area contributed by atoms with Crippen molar-refractivity contribution in [2.24, 2.45) is 0 Å². The minimum Gasteiger partial charge on any atom is -0.394 e. The second-order valence-electron chi connectivity index (χ2n) is 15.0. The van der Waals surface area contributed by atoms with Crippen molar-refractivity contribution in [3.63, 3.8) is 0 Å². The Labute approximate surface area is 304 Å². The molecule has 6 nitrogen and oxygen atoms in total. The van der Waals surface area contributed by atoms with Crippen molar-refractivity contribution in [1.29, 1.82) is 0 Å². The Morgan fingerprint density at radius 2 is 0.816 bits per heavy atom. The first-order chi connectivity index (χ1) is 24.0. The summed E-state index contributed by atoms with van der Waals surface area (Å²) in [5, 5.41) is 43.6. The molecular formula is C43H85NO5. The number of amides is 1. The fourth-order valence-corrected chi connectivity index (χ4v) is 6.75. The number of aliphatic hydroxyl groups excluding tert-OH is 4. The van der Waals surface area contributed by atoms with Crippen LogP contribution in [0.5, 0.6) is 0 Å². The summed E-state index contributed by atoms with van der Waals surface area (Å²) < 4.78 is 0. The van der Waals surface area contributed by atoms with Gasteiger partial charge in [-0.3, -0.25) is 4.79 Å². The molecule has 292 valence electrons. The molecule has 0 aliphatic rings. The Kier molecular flexibility index (Phi) is 37.5. The van der Waals surface area contributed by atoms with Crippen molar-refractivity contribution >= 4 is 5.91 Å². The second-order valence-corrected chi connectivity index (χ2v) is 15.0. The second kappa shape index (κ2) is 38.3. The van der Waals surface area contributed by atoms with Gasteiger partial charge >= 0.3 is 0 Å². The quantitative estimate of drug-likeness (QED) is 0.0325. The van der Waals surface area contributed by atoms with Crippen molar-refractivity contribution in [2.45, 2.75) is 250 Å². The molecule has 0 aromatic heterocycles. The Morgan fingerprint density at radius 1 is 0.490 bits per heavy atom. The smallest absolute Gasteiger partial charge is 0.249 e. The van der Waals surface area contributed by atoms with Gasteiger partial charge in [0.2, 0.25) is 5.91 Å². The molecule has 4 unspecified atom stereocenters. The first kappa shape index (κ1) is 48.0. The molecule has 5 N–H and O–H groups in total. The average molecular weight is 696 g/mol. The molecule has 0 fully saturated rings. The zero-order valence-corrected chi connectivity index (χ0v) is 32.7. The lowest BCUT2D eigenvalue weighted by molar-refractivity contribution is -0.132. The SMILES string of the molecule is CCCCCCCCCC/C=C\CCCCCCCCC(O)C(=O)NC(CO)C(O)C(O)CCCCCCCCCCCCCCCCC. The normalized spacial score (nSPS) is 14.3. The van der Waals surface area contributed by atoms with E-state index in [1.165, 1.54) is 154 Å². The molecule has 0 bridgehead atoms. The van der Waals surface area contributed by atoms with Crippen LogP contribution in [0.25, 0.3) is 0 Å². The van der Waals surface area contributed by atoms with E-state index in [0.29, 0.717) is 12.8 Å². The molecule has 0 aliphatic carbocycles. The highest BCUT2D eigenvalue weighted by Gasteiger charge is 2.28. The van der Waals surface area contributed by atoms with E-state index in [-0.39, 0.29) is 0 Å². The average Bonchev–Trinajstić information content (AvgIpc) is 3.11. The number of unbranched alkanes of at least 4 members (excludes halogenated alkanes) is 28. The van der Waals surface area contributed by atoms with E-state index in [2.05, 4.69) is 31.3 Å². The number of carbonyl (C=O) groups excluding carboxylic acids is 1. The molecule has 0 aromatic rings. The lowest BCUT2D eigenvalue weighted by Crippen LogP contribution is -2.53. The number of carbonyl (C=O) groups is 1. The maximum Gasteiger partial charge on any atom is 0.249 e. The van der Waals surface area contributed by atoms with Gasteiger partial charge in [0.05, 0.1) is 18.8 Å². The van der Waals surface area contributed by atoms with E-state index in [0.717, 1.165) is 44.9 Å². The molecule has 0 heterocycles. The van der Waals surface area contributed by atoms with Crippen LogP contribution in [0.15, 0.2) is 12.2 Å². The van der Waals surface area contributed by atoms with Gasteiger partial charge in [0.25, 0.3) is 0 Å². The first-order valence-electron chi connectivity index (χ1n) is 21.6. The summed E-state index contributed by atoms with van der Waals surface area (Å²) in [7, 11) is 0. The van der Waals surface area contributed by atoms with Gasteiger partial charge in [-0.05, 0) is 38.5 Å². The molecule has 6 heteroatoms. The number of aliphatic hydroxyl groups is 4. The molecule has 4 atom stereocenters. The Bertz CT molecular complexity index is 702. The maximum atomic E-state index is 12.5. The molecule has 0 radical (unpaired) electrons. The van der Waals surface area contributed by atoms with Crippen LogP contribution in [0.3, 0.4) is 0 Å². The zero-order chi connectivity index (χ0) is 36.0. The van der Waals surface area contributed by atoms with E-state index >= 15 is 0 Å². The lowest BCUT2D eigenvalue weighted by atomic mass is 9.99. The van der Waals surface area contributed by atoms with Crippen molar-refractivity contribution in [1.82, 2.24) is 5.32 Å². The summed E-state index contributed by atoms with van der Waals surface area (Å²) in [6.45, 7) is 4.05. The monoisotopic (exact) mass is 696 g/mol. The third-order valence-corrected chi connectivity index (χ3v) is 10.2. The van der Waals surface area contributed by atoms with Gasteiger partial charge < -0.3 is 25.7 Å². The van der Waals surface area contributed by atoms with Gasteiger partial charge in [-0.2, -0.15) is 0 Å². The Balaban J connectivity index is 3.75. The van der Waals surface area contributed by atoms with Crippen LogP contribution in [0.2, 0.25) is 0 Å². The highest BCUT2D eigenvalue weighted by molar-refractivity contribution is 5.80. The summed E-state index contributed by atoms with van der Waals surface area (Å²) in [6.07, 6.45) is 40.9. The predicted molar refractivity (Wildman–Crippen MR) is 210 cm³/mol. The zero-order valence-electron chi connectivity index (χ0n) is 32.7. The standard InChI is InChI=1S/C43H85NO5/c1-3-5-7-9-11-13-15-17-19-20-21-23-25-27-29-31-33-35-37-41(47)43(49)44-39(38-45)42(48)40(46)36-34-32-30-28-26-24-22-18-16-14-12-10-8-6-4-2/h20-21,39-42,45-48H,3-19,22-38H2,1-2H3,(H,44,49)/b21-20-. The van der Waals surface area contributed by atoms with Crippen molar-refractivity contribution in [3.8, 4) is 0 Å². The molecule has 49 heavy (non-hydrogen) atoms. The number of rotatable bonds is 39. The van der Waals surface area contributed by atoms with E-state index in [1.54, 1.807) is 0 Å². The van der Waals surface area contributed by atoms with Crippen LogP contribution >= 0.6 is 0 Å². The molecular weight excluding hydrogens is 610 g/mol. The molecule has 1 amide bonds. The van der Waals surface area contributed by atoms with Gasteiger partial charge in [0.1, 0.15) is 12.2 Å². The minimum atomic E-state index is -1.26. The third kappa shape index (κ3) is 32.7. The van der Waals surface area contributed by atoms with Gasteiger partial charge in [0, 0.05) is 0 Å². The van der Waals surface area contributed by atoms with Crippen molar-refractivity contribution in [3.05, 3.63) is 12.2 Å². The summed E-state index contributed by atoms with van der Waals surface area (Å²) in [4.78, 5) is 12.5. The Morgan fingerprint density at radius 3 is 1.18 bits per heavy atom. The number of hydrogen-bond donors (Lipinski definition) is 5. The maximum absolute atomic E-state index is 12.5. The molecule has 0 rings (SSSR count). The highest BCUT2D eigenvalue weighted by atomic mass is 16.3. The minimum absolute atomic E-state index is 0.364.